The molecule has 79 heavy (non-hydrogen) atoms. The zero-order valence-electron chi connectivity index (χ0n) is 44.9. The molecule has 0 unspecified atom stereocenters. The Morgan fingerprint density at radius 2 is 1.73 bits per heavy atom. The summed E-state index contributed by atoms with van der Waals surface area (Å²) in [4.78, 5) is 48.4. The molecule has 3 N–H and O–H groups in total. The predicted molar refractivity (Wildman–Crippen MR) is 298 cm³/mol. The van der Waals surface area contributed by atoms with Crippen LogP contribution < -0.4 is 34.0 Å². The molecule has 3 aromatic heterocycles. The third kappa shape index (κ3) is 10.5. The van der Waals surface area contributed by atoms with E-state index >= 15 is 0 Å². The van der Waals surface area contributed by atoms with Crippen molar-refractivity contribution in [1.29, 1.82) is 0 Å². The number of methoxy groups -OCH3 is 2. The number of nitro benzene ring substituents is 1. The Kier molecular flexibility index (Phi) is 14.6. The number of fused-ring (bicyclic) bond motifs is 3. The number of nitrogens with zero attached hydrogens (tertiary/aromatic N) is 7. The number of aryl methyl sites for hydroxylation is 1. The van der Waals surface area contributed by atoms with E-state index in [1.165, 1.54) is 23.3 Å². The Morgan fingerprint density at radius 3 is 2.52 bits per heavy atom. The molecule has 1 amide bonds. The van der Waals surface area contributed by atoms with Crippen molar-refractivity contribution in [1.82, 2.24) is 29.5 Å². The molecule has 3 atom stereocenters. The molecular weight excluding hydrogens is 1030 g/mol. The first-order chi connectivity index (χ1) is 38.4. The smallest absolute Gasteiger partial charge is 0.293 e. The molecule has 5 fully saturated rings. The zero-order chi connectivity index (χ0) is 54.4. The fourth-order valence-corrected chi connectivity index (χ4v) is 14.1. The number of H-pyrrole nitrogens is 1. The van der Waals surface area contributed by atoms with Crippen molar-refractivity contribution in [3.8, 4) is 17.5 Å². The highest BCUT2D eigenvalue weighted by Gasteiger charge is 2.50. The second-order valence-electron chi connectivity index (χ2n) is 22.1. The number of piperazine rings is 1. The lowest BCUT2D eigenvalue weighted by molar-refractivity contribution is -0.384. The number of nitro groups is 1. The average Bonchev–Trinajstić information content (AvgIpc) is 4.13. The van der Waals surface area contributed by atoms with Crippen LogP contribution >= 0.6 is 0 Å². The van der Waals surface area contributed by atoms with Gasteiger partial charge >= 0.3 is 0 Å². The second kappa shape index (κ2) is 21.9. The van der Waals surface area contributed by atoms with Gasteiger partial charge in [-0.2, -0.15) is 4.98 Å². The molecule has 6 aromatic rings. The molecule has 20 nitrogen and oxygen atoms in total. The lowest BCUT2D eigenvalue weighted by atomic mass is 9.59. The number of nitrogens with one attached hydrogen (secondary N) is 3. The minimum Gasteiger partial charge on any atom is -0.491 e. The number of aromatic amines is 1. The van der Waals surface area contributed by atoms with Gasteiger partial charge in [0.15, 0.2) is 5.75 Å². The molecule has 6 aliphatic rings. The molecule has 1 saturated carbocycles. The highest BCUT2D eigenvalue weighted by Crippen LogP contribution is 2.54. The Bertz CT molecular complexity index is 3360. The van der Waals surface area contributed by atoms with Gasteiger partial charge in [-0.05, 0) is 128 Å². The van der Waals surface area contributed by atoms with E-state index < -0.39 is 37.5 Å². The topological polar surface area (TPSA) is 219 Å². The highest BCUT2D eigenvalue weighted by atomic mass is 32.2. The largest absolute Gasteiger partial charge is 0.491 e. The van der Waals surface area contributed by atoms with E-state index in [-0.39, 0.29) is 34.7 Å². The Balaban J connectivity index is 0.796. The van der Waals surface area contributed by atoms with Crippen LogP contribution in [-0.4, -0.2) is 142 Å². The third-order valence-electron chi connectivity index (χ3n) is 17.5. The van der Waals surface area contributed by atoms with Crippen LogP contribution in [0.2, 0.25) is 0 Å². The molecule has 1 aliphatic carbocycles. The third-order valence-corrected chi connectivity index (χ3v) is 18.8. The highest BCUT2D eigenvalue weighted by molar-refractivity contribution is 7.90. The number of benzene rings is 3. The number of piperidine rings is 1. The fraction of sp³-hybridized carbons (Fsp3) is 0.466. The number of rotatable bonds is 15. The van der Waals surface area contributed by atoms with Crippen LogP contribution in [0.5, 0.6) is 17.5 Å². The van der Waals surface area contributed by atoms with Gasteiger partial charge in [0.25, 0.3) is 27.5 Å². The Hall–Kier alpha value is -7.04. The minimum atomic E-state index is -4.62. The van der Waals surface area contributed by atoms with E-state index in [0.717, 1.165) is 100 Å². The van der Waals surface area contributed by atoms with Crippen molar-refractivity contribution in [2.24, 2.45) is 11.3 Å². The quantitative estimate of drug-likeness (QED) is 0.0653. The first-order valence-electron chi connectivity index (χ1n) is 27.5. The summed E-state index contributed by atoms with van der Waals surface area (Å²) >= 11 is 0. The molecule has 0 radical (unpaired) electrons. The number of pyridine rings is 2. The Labute approximate surface area is 459 Å². The average molecular weight is 1100 g/mol. The molecule has 1 spiro atoms. The van der Waals surface area contributed by atoms with Gasteiger partial charge in [0.2, 0.25) is 5.88 Å². The fourth-order valence-electron chi connectivity index (χ4n) is 13.1. The number of carbonyl (C=O) groups excluding carboxylic acids is 1. The van der Waals surface area contributed by atoms with Crippen molar-refractivity contribution in [3.63, 3.8) is 0 Å². The summed E-state index contributed by atoms with van der Waals surface area (Å²) in [6.45, 7) is 9.88. The van der Waals surface area contributed by atoms with Crippen LogP contribution in [0.4, 0.5) is 28.4 Å². The maximum absolute atomic E-state index is 14.8. The summed E-state index contributed by atoms with van der Waals surface area (Å²) in [5, 5.41) is 16.4. The number of carbonyl (C=O) groups is 1. The van der Waals surface area contributed by atoms with Gasteiger partial charge in [-0.15, -0.1) is 0 Å². The van der Waals surface area contributed by atoms with Gasteiger partial charge in [-0.3, -0.25) is 24.7 Å². The number of aromatic nitrogens is 3. The van der Waals surface area contributed by atoms with Crippen molar-refractivity contribution >= 4 is 55.4 Å². The summed E-state index contributed by atoms with van der Waals surface area (Å²) in [5.74, 6) is 0.860. The maximum atomic E-state index is 14.8. The number of anilines is 4. The van der Waals surface area contributed by atoms with Gasteiger partial charge in [0, 0.05) is 107 Å². The summed E-state index contributed by atoms with van der Waals surface area (Å²) in [7, 11) is -1.38. The van der Waals surface area contributed by atoms with Crippen LogP contribution in [0, 0.1) is 28.4 Å². The summed E-state index contributed by atoms with van der Waals surface area (Å²) in [6.07, 6.45) is 9.72. The van der Waals surface area contributed by atoms with E-state index in [4.69, 9.17) is 28.7 Å². The standard InChI is InChI=1S/C58H68N10O10S/c1-37-6-4-5-7-44(37)51-35-64(34-39-26-52(74-2)57(75-3)61-33-39)21-22-66(51)42-30-58(31-42)16-19-65(20-17-58)41-8-10-45(48(28-41)67-47-15-25-77-36-53(47)78-56-50(67)27-40-12-18-59-54(40)62-56)55(69)63-79(72,73)43-9-11-46(49(29-43)68(70)71)60-32-38-13-23-76-24-14-38/h4-12,18,26-29,33,38,42,47,51,53,60H,13-17,19-25,30-32,34-36H2,1-3H3,(H,59,62)(H,63,69)/t47-,51-,53-/m0/s1. The van der Waals surface area contributed by atoms with Crippen LogP contribution in [-0.2, 0) is 26.0 Å². The number of ether oxygens (including phenoxy) is 5. The number of amides is 1. The van der Waals surface area contributed by atoms with Crippen LogP contribution in [0.25, 0.3) is 11.0 Å². The van der Waals surface area contributed by atoms with E-state index in [9.17, 15) is 23.3 Å². The molecule has 3 aromatic carbocycles. The van der Waals surface area contributed by atoms with Gasteiger partial charge in [-0.25, -0.2) is 18.1 Å². The van der Waals surface area contributed by atoms with E-state index in [0.29, 0.717) is 80.0 Å². The van der Waals surface area contributed by atoms with E-state index in [1.54, 1.807) is 20.3 Å². The number of hydrogen-bond acceptors (Lipinski definition) is 17. The second-order valence-corrected chi connectivity index (χ2v) is 23.8. The van der Waals surface area contributed by atoms with Crippen LogP contribution in [0.3, 0.4) is 0 Å². The molecule has 8 heterocycles. The van der Waals surface area contributed by atoms with Gasteiger partial charge in [-0.1, -0.05) is 24.3 Å². The van der Waals surface area contributed by atoms with Crippen molar-refractivity contribution in [2.45, 2.75) is 87.5 Å². The summed E-state index contributed by atoms with van der Waals surface area (Å²) in [5.41, 5.74) is 6.56. The van der Waals surface area contributed by atoms with Crippen molar-refractivity contribution in [3.05, 3.63) is 124 Å². The lowest BCUT2D eigenvalue weighted by Crippen LogP contribution is -2.59. The lowest BCUT2D eigenvalue weighted by Gasteiger charge is -2.58. The zero-order valence-corrected chi connectivity index (χ0v) is 45.7. The normalized spacial score (nSPS) is 21.9. The van der Waals surface area contributed by atoms with Gasteiger partial charge in [0.1, 0.15) is 23.1 Å². The first-order valence-corrected chi connectivity index (χ1v) is 29.0. The SMILES string of the molecule is COc1cc(CN2CCN(C3CC4(CCN(c5ccc(C(=O)NS(=O)(=O)c6ccc(NCC7CCOCC7)c([N+](=O)[O-])c6)c(N6c7cc8cc[nH]c8nc7O[C@H]7COCC[C@@H]76)c5)CC4)C3)[C@H](c3ccccc3C)C2)cnc1OC. The number of hydrogen-bond donors (Lipinski definition) is 3. The van der Waals surface area contributed by atoms with Crippen molar-refractivity contribution in [2.75, 3.05) is 95.0 Å². The molecular formula is C58H68N10O10S. The Morgan fingerprint density at radius 1 is 0.924 bits per heavy atom. The molecule has 0 bridgehead atoms. The summed E-state index contributed by atoms with van der Waals surface area (Å²) in [6, 6.07) is 24.4. The van der Waals surface area contributed by atoms with E-state index in [1.807, 2.05) is 42.7 Å². The monoisotopic (exact) mass is 1100 g/mol. The van der Waals surface area contributed by atoms with Crippen LogP contribution in [0.15, 0.2) is 96.2 Å². The molecule has 4 saturated heterocycles. The predicted octanol–water partition coefficient (Wildman–Crippen LogP) is 8.15. The van der Waals surface area contributed by atoms with Gasteiger partial charge < -0.3 is 43.8 Å². The summed E-state index contributed by atoms with van der Waals surface area (Å²) < 4.78 is 59.7. The minimum absolute atomic E-state index is 0.114. The van der Waals surface area contributed by atoms with Crippen LogP contribution in [0.1, 0.15) is 78.0 Å². The molecule has 416 valence electrons. The van der Waals surface area contributed by atoms with Gasteiger partial charge in [0.05, 0.1) is 47.9 Å². The maximum Gasteiger partial charge on any atom is 0.293 e. The van der Waals surface area contributed by atoms with Crippen molar-refractivity contribution < 1.29 is 41.8 Å². The molecule has 5 aliphatic heterocycles. The number of sulfonamides is 1. The molecule has 21 heteroatoms. The molecule has 12 rings (SSSR count). The first kappa shape index (κ1) is 52.6. The van der Waals surface area contributed by atoms with E-state index in [2.05, 4.69) is 70.8 Å².